The van der Waals surface area contributed by atoms with E-state index >= 15 is 0 Å². The molecule has 4 rings (SSSR count). The fraction of sp³-hybridized carbons (Fsp3) is 0.130. The molecular formula is C23H15Cl2F3N4O3. The van der Waals surface area contributed by atoms with Gasteiger partial charge in [-0.2, -0.15) is 13.2 Å². The molecule has 0 aliphatic rings. The van der Waals surface area contributed by atoms with Crippen molar-refractivity contribution in [1.82, 2.24) is 14.5 Å². The Bertz CT molecular complexity index is 1440. The molecule has 2 heterocycles. The number of rotatable bonds is 6. The van der Waals surface area contributed by atoms with Gasteiger partial charge in [0.2, 0.25) is 5.95 Å². The van der Waals surface area contributed by atoms with Crippen molar-refractivity contribution in [2.75, 3.05) is 12.4 Å². The van der Waals surface area contributed by atoms with Gasteiger partial charge in [-0.05, 0) is 42.0 Å². The van der Waals surface area contributed by atoms with Crippen molar-refractivity contribution >= 4 is 51.7 Å². The van der Waals surface area contributed by atoms with Crippen LogP contribution in [-0.2, 0) is 17.5 Å². The van der Waals surface area contributed by atoms with Crippen LogP contribution >= 0.6 is 23.2 Å². The summed E-state index contributed by atoms with van der Waals surface area (Å²) in [5, 5.41) is 2.48. The highest BCUT2D eigenvalue weighted by atomic mass is 35.5. The second-order valence-corrected chi connectivity index (χ2v) is 8.13. The Labute approximate surface area is 206 Å². The van der Waals surface area contributed by atoms with Gasteiger partial charge in [-0.3, -0.25) is 14.9 Å². The zero-order chi connectivity index (χ0) is 25.3. The van der Waals surface area contributed by atoms with Gasteiger partial charge in [0, 0.05) is 39.9 Å². The molecule has 0 unspecified atom stereocenters. The number of carbonyl (C=O) groups is 2. The fourth-order valence-corrected chi connectivity index (χ4v) is 4.07. The van der Waals surface area contributed by atoms with Gasteiger partial charge in [-0.1, -0.05) is 29.3 Å². The highest BCUT2D eigenvalue weighted by Crippen LogP contribution is 2.40. The summed E-state index contributed by atoms with van der Waals surface area (Å²) in [5.41, 5.74) is -1.75. The average molecular weight is 523 g/mol. The number of methoxy groups -OCH3 is 1. The minimum absolute atomic E-state index is 0.0521. The van der Waals surface area contributed by atoms with Crippen LogP contribution in [0.3, 0.4) is 0 Å². The van der Waals surface area contributed by atoms with Crippen molar-refractivity contribution in [3.63, 3.8) is 0 Å². The molecule has 35 heavy (non-hydrogen) atoms. The first-order chi connectivity index (χ1) is 16.6. The predicted molar refractivity (Wildman–Crippen MR) is 124 cm³/mol. The molecule has 12 heteroatoms. The maximum atomic E-state index is 14.4. The van der Waals surface area contributed by atoms with E-state index < -0.39 is 29.1 Å². The molecule has 0 aliphatic carbocycles. The van der Waals surface area contributed by atoms with E-state index in [0.29, 0.717) is 10.6 Å². The molecule has 0 saturated heterocycles. The topological polar surface area (TPSA) is 86.1 Å². The molecule has 180 valence electrons. The van der Waals surface area contributed by atoms with Gasteiger partial charge >= 0.3 is 6.18 Å². The number of ketones is 1. The minimum atomic E-state index is -5.00. The Kier molecular flexibility index (Phi) is 6.68. The number of amides is 1. The summed E-state index contributed by atoms with van der Waals surface area (Å²) in [6.07, 6.45) is -2.39. The first-order valence-electron chi connectivity index (χ1n) is 9.94. The summed E-state index contributed by atoms with van der Waals surface area (Å²) >= 11 is 12.1. The SMILES string of the molecule is COc1ccc2c(c1)c(C(=O)C(=O)Nc1ncccn1)c(C(F)(F)F)n2Cc1ccc(Cl)cc1Cl. The molecule has 0 fully saturated rings. The Morgan fingerprint density at radius 1 is 1.09 bits per heavy atom. The predicted octanol–water partition coefficient (Wildman–Crippen LogP) is 5.64. The number of halogens is 5. The van der Waals surface area contributed by atoms with Crippen LogP contribution in [0.2, 0.25) is 10.0 Å². The standard InChI is InChI=1S/C23H15Cl2F3N4O3/c1-35-14-5-6-17-15(10-14)18(19(33)21(34)31-22-29-7-2-8-30-22)20(23(26,27)28)32(17)11-12-3-4-13(24)9-16(12)25/h2-10H,11H2,1H3,(H,29,30,31,34). The summed E-state index contributed by atoms with van der Waals surface area (Å²) < 4.78 is 49.3. The number of nitrogens with one attached hydrogen (secondary N) is 1. The highest BCUT2D eigenvalue weighted by molar-refractivity contribution is 6.48. The van der Waals surface area contributed by atoms with E-state index in [9.17, 15) is 22.8 Å². The van der Waals surface area contributed by atoms with Crippen LogP contribution in [0.15, 0.2) is 54.9 Å². The summed E-state index contributed by atoms with van der Waals surface area (Å²) in [7, 11) is 1.33. The Hall–Kier alpha value is -3.63. The van der Waals surface area contributed by atoms with E-state index in [2.05, 4.69) is 15.3 Å². The number of benzene rings is 2. The molecule has 0 atom stereocenters. The first kappa shape index (κ1) is 24.5. The molecule has 1 N–H and O–H groups in total. The van der Waals surface area contributed by atoms with Crippen LogP contribution in [-0.4, -0.2) is 33.3 Å². The summed E-state index contributed by atoms with van der Waals surface area (Å²) in [6.45, 7) is -0.343. The van der Waals surface area contributed by atoms with Gasteiger partial charge in [0.1, 0.15) is 11.4 Å². The fourth-order valence-electron chi connectivity index (χ4n) is 3.61. The molecule has 0 radical (unpaired) electrons. The third kappa shape index (κ3) is 4.94. The molecule has 4 aromatic rings. The van der Waals surface area contributed by atoms with Crippen LogP contribution in [0.5, 0.6) is 5.75 Å². The van der Waals surface area contributed by atoms with Gasteiger partial charge in [0.15, 0.2) is 0 Å². The summed E-state index contributed by atoms with van der Waals surface area (Å²) in [6, 6.07) is 9.95. The Balaban J connectivity index is 1.93. The van der Waals surface area contributed by atoms with Crippen molar-refractivity contribution in [3.05, 3.63) is 81.7 Å². The molecule has 0 spiro atoms. The van der Waals surface area contributed by atoms with Crippen LogP contribution in [0.1, 0.15) is 21.6 Å². The normalized spacial score (nSPS) is 11.5. The van der Waals surface area contributed by atoms with Crippen molar-refractivity contribution in [2.24, 2.45) is 0 Å². The molecule has 2 aromatic heterocycles. The van der Waals surface area contributed by atoms with E-state index in [1.165, 1.54) is 62.0 Å². The number of aromatic nitrogens is 3. The number of ether oxygens (including phenoxy) is 1. The lowest BCUT2D eigenvalue weighted by Gasteiger charge is -2.15. The smallest absolute Gasteiger partial charge is 0.432 e. The number of hydrogen-bond donors (Lipinski definition) is 1. The molecule has 2 aromatic carbocycles. The second-order valence-electron chi connectivity index (χ2n) is 7.28. The molecule has 0 saturated carbocycles. The summed E-state index contributed by atoms with van der Waals surface area (Å²) in [4.78, 5) is 33.3. The first-order valence-corrected chi connectivity index (χ1v) is 10.7. The minimum Gasteiger partial charge on any atom is -0.497 e. The van der Waals surface area contributed by atoms with E-state index in [0.717, 1.165) is 4.57 Å². The molecule has 0 aliphatic heterocycles. The molecule has 0 bridgehead atoms. The number of nitrogens with zero attached hydrogens (tertiary/aromatic N) is 3. The maximum Gasteiger partial charge on any atom is 0.432 e. The zero-order valence-corrected chi connectivity index (χ0v) is 19.4. The van der Waals surface area contributed by atoms with Crippen molar-refractivity contribution < 1.29 is 27.5 Å². The number of Topliss-reactive ketones (excluding diaryl/α,β-unsaturated/α-hetero) is 1. The van der Waals surface area contributed by atoms with E-state index in [-0.39, 0.29) is 34.2 Å². The lowest BCUT2D eigenvalue weighted by molar-refractivity contribution is -0.143. The second kappa shape index (κ2) is 9.55. The van der Waals surface area contributed by atoms with Crippen molar-refractivity contribution in [1.29, 1.82) is 0 Å². The van der Waals surface area contributed by atoms with Crippen LogP contribution in [0.4, 0.5) is 19.1 Å². The lowest BCUT2D eigenvalue weighted by atomic mass is 10.0. The quantitative estimate of drug-likeness (QED) is 0.261. The van der Waals surface area contributed by atoms with E-state index in [4.69, 9.17) is 27.9 Å². The number of anilines is 1. The van der Waals surface area contributed by atoms with Crippen LogP contribution in [0.25, 0.3) is 10.9 Å². The van der Waals surface area contributed by atoms with Gasteiger partial charge in [-0.15, -0.1) is 0 Å². The molecular weight excluding hydrogens is 508 g/mol. The third-order valence-corrected chi connectivity index (χ3v) is 5.69. The lowest BCUT2D eigenvalue weighted by Crippen LogP contribution is -2.27. The van der Waals surface area contributed by atoms with Crippen molar-refractivity contribution in [3.8, 4) is 5.75 Å². The largest absolute Gasteiger partial charge is 0.497 e. The van der Waals surface area contributed by atoms with Gasteiger partial charge in [-0.25, -0.2) is 9.97 Å². The number of carbonyl (C=O) groups excluding carboxylic acids is 2. The number of hydrogen-bond acceptors (Lipinski definition) is 5. The third-order valence-electron chi connectivity index (χ3n) is 5.11. The number of alkyl halides is 3. The van der Waals surface area contributed by atoms with Crippen LogP contribution < -0.4 is 10.1 Å². The van der Waals surface area contributed by atoms with Crippen LogP contribution in [0, 0.1) is 0 Å². The zero-order valence-electron chi connectivity index (χ0n) is 17.9. The van der Waals surface area contributed by atoms with E-state index in [1.54, 1.807) is 0 Å². The Morgan fingerprint density at radius 3 is 2.43 bits per heavy atom. The van der Waals surface area contributed by atoms with Gasteiger partial charge < -0.3 is 9.30 Å². The molecule has 1 amide bonds. The van der Waals surface area contributed by atoms with E-state index in [1.807, 2.05) is 0 Å². The average Bonchev–Trinajstić information content (AvgIpc) is 3.14. The van der Waals surface area contributed by atoms with Crippen molar-refractivity contribution in [2.45, 2.75) is 12.7 Å². The van der Waals surface area contributed by atoms with Gasteiger partial charge in [0.25, 0.3) is 11.7 Å². The Morgan fingerprint density at radius 2 is 1.80 bits per heavy atom. The monoisotopic (exact) mass is 522 g/mol. The van der Waals surface area contributed by atoms with Gasteiger partial charge in [0.05, 0.1) is 12.7 Å². The maximum absolute atomic E-state index is 14.4. The number of fused-ring (bicyclic) bond motifs is 1. The summed E-state index contributed by atoms with van der Waals surface area (Å²) in [5.74, 6) is -2.76. The highest BCUT2D eigenvalue weighted by Gasteiger charge is 2.42. The molecule has 7 nitrogen and oxygen atoms in total.